The molecule has 1 aromatic carbocycles. The summed E-state index contributed by atoms with van der Waals surface area (Å²) in [5.41, 5.74) is 2.65. The van der Waals surface area contributed by atoms with Gasteiger partial charge < -0.3 is 9.57 Å². The molecule has 17 heavy (non-hydrogen) atoms. The molecular formula is C14H19NO2. The lowest BCUT2D eigenvalue weighted by Gasteiger charge is -2.23. The zero-order valence-electron chi connectivity index (χ0n) is 10.9. The van der Waals surface area contributed by atoms with E-state index in [0.29, 0.717) is 5.90 Å². The zero-order chi connectivity index (χ0) is 12.5. The van der Waals surface area contributed by atoms with Crippen molar-refractivity contribution in [2.75, 3.05) is 7.11 Å². The third-order valence-corrected chi connectivity index (χ3v) is 2.96. The first-order chi connectivity index (χ1) is 8.00. The smallest absolute Gasteiger partial charge is 0.231 e. The fraction of sp³-hybridized carbons (Fsp3) is 0.500. The van der Waals surface area contributed by atoms with Crippen LogP contribution in [0.5, 0.6) is 5.75 Å². The standard InChI is InChI=1S/C14H19NO2/c1-14(2,3)11-7-5-10-6-8-13(15-16-4)17-12(10)9-11/h5,7,9H,6,8H2,1-4H3. The van der Waals surface area contributed by atoms with Gasteiger partial charge in [-0.1, -0.05) is 38.1 Å². The molecule has 0 N–H and O–H groups in total. The van der Waals surface area contributed by atoms with Crippen LogP contribution >= 0.6 is 0 Å². The van der Waals surface area contributed by atoms with E-state index in [2.05, 4.69) is 44.1 Å². The summed E-state index contributed by atoms with van der Waals surface area (Å²) in [6.07, 6.45) is 1.76. The van der Waals surface area contributed by atoms with Crippen LogP contribution in [-0.4, -0.2) is 13.0 Å². The summed E-state index contributed by atoms with van der Waals surface area (Å²) < 4.78 is 5.73. The van der Waals surface area contributed by atoms with Crippen molar-refractivity contribution < 1.29 is 9.57 Å². The van der Waals surface area contributed by atoms with E-state index in [0.717, 1.165) is 18.6 Å². The third kappa shape index (κ3) is 2.60. The van der Waals surface area contributed by atoms with Crippen LogP contribution in [0.4, 0.5) is 0 Å². The molecule has 92 valence electrons. The Morgan fingerprint density at radius 1 is 1.24 bits per heavy atom. The predicted molar refractivity (Wildman–Crippen MR) is 68.5 cm³/mol. The molecule has 1 aliphatic rings. The van der Waals surface area contributed by atoms with Gasteiger partial charge in [-0.15, -0.1) is 0 Å². The fourth-order valence-corrected chi connectivity index (χ4v) is 1.91. The minimum Gasteiger partial charge on any atom is -0.439 e. The van der Waals surface area contributed by atoms with E-state index in [1.165, 1.54) is 18.2 Å². The highest BCUT2D eigenvalue weighted by Crippen LogP contribution is 2.31. The van der Waals surface area contributed by atoms with E-state index >= 15 is 0 Å². The van der Waals surface area contributed by atoms with Crippen molar-refractivity contribution in [3.8, 4) is 5.75 Å². The summed E-state index contributed by atoms with van der Waals surface area (Å²) in [6.45, 7) is 6.59. The number of aryl methyl sites for hydroxylation is 1. The minimum atomic E-state index is 0.133. The lowest BCUT2D eigenvalue weighted by Crippen LogP contribution is -2.18. The molecule has 0 amide bonds. The normalized spacial score (nSPS) is 17.5. The number of nitrogens with zero attached hydrogens (tertiary/aromatic N) is 1. The average Bonchev–Trinajstić information content (AvgIpc) is 2.27. The number of hydrogen-bond acceptors (Lipinski definition) is 3. The van der Waals surface area contributed by atoms with Crippen LogP contribution in [0.2, 0.25) is 0 Å². The summed E-state index contributed by atoms with van der Waals surface area (Å²) in [5.74, 6) is 1.57. The maximum atomic E-state index is 5.73. The Kier molecular flexibility index (Phi) is 3.09. The van der Waals surface area contributed by atoms with Gasteiger partial charge in [-0.3, -0.25) is 0 Å². The molecule has 2 rings (SSSR count). The van der Waals surface area contributed by atoms with Crippen molar-refractivity contribution in [1.82, 2.24) is 0 Å². The van der Waals surface area contributed by atoms with Crippen LogP contribution in [-0.2, 0) is 16.7 Å². The molecule has 0 bridgehead atoms. The lowest BCUT2D eigenvalue weighted by molar-refractivity contribution is 0.203. The summed E-state index contributed by atoms with van der Waals surface area (Å²) in [5, 5.41) is 3.87. The van der Waals surface area contributed by atoms with Gasteiger partial charge >= 0.3 is 0 Å². The molecule has 0 spiro atoms. The molecule has 1 aliphatic heterocycles. The topological polar surface area (TPSA) is 30.8 Å². The summed E-state index contributed by atoms with van der Waals surface area (Å²) in [6, 6.07) is 6.44. The summed E-state index contributed by atoms with van der Waals surface area (Å²) >= 11 is 0. The van der Waals surface area contributed by atoms with Crippen LogP contribution in [0.15, 0.2) is 23.4 Å². The summed E-state index contributed by atoms with van der Waals surface area (Å²) in [7, 11) is 1.54. The maximum Gasteiger partial charge on any atom is 0.231 e. The van der Waals surface area contributed by atoms with Gasteiger partial charge in [0.1, 0.15) is 12.9 Å². The highest BCUT2D eigenvalue weighted by molar-refractivity contribution is 5.80. The summed E-state index contributed by atoms with van der Waals surface area (Å²) in [4.78, 5) is 4.76. The number of benzene rings is 1. The van der Waals surface area contributed by atoms with Crippen molar-refractivity contribution in [2.24, 2.45) is 5.16 Å². The predicted octanol–water partition coefficient (Wildman–Crippen LogP) is 3.27. The third-order valence-electron chi connectivity index (χ3n) is 2.96. The SMILES string of the molecule is CON=C1CCc2ccc(C(C)(C)C)cc2O1. The van der Waals surface area contributed by atoms with E-state index in [-0.39, 0.29) is 5.41 Å². The number of fused-ring (bicyclic) bond motifs is 1. The van der Waals surface area contributed by atoms with Crippen LogP contribution in [0.3, 0.4) is 0 Å². The van der Waals surface area contributed by atoms with Crippen molar-refractivity contribution in [1.29, 1.82) is 0 Å². The fourth-order valence-electron chi connectivity index (χ4n) is 1.91. The second-order valence-corrected chi connectivity index (χ2v) is 5.34. The quantitative estimate of drug-likeness (QED) is 0.697. The molecule has 3 heteroatoms. The first-order valence-corrected chi connectivity index (χ1v) is 5.92. The second kappa shape index (κ2) is 4.40. The molecular weight excluding hydrogens is 214 g/mol. The molecule has 0 saturated heterocycles. The Morgan fingerprint density at radius 3 is 2.65 bits per heavy atom. The number of ether oxygens (including phenoxy) is 1. The highest BCUT2D eigenvalue weighted by Gasteiger charge is 2.20. The van der Waals surface area contributed by atoms with Crippen LogP contribution in [0, 0.1) is 0 Å². The molecule has 1 heterocycles. The first kappa shape index (κ1) is 12.0. The van der Waals surface area contributed by atoms with E-state index in [9.17, 15) is 0 Å². The van der Waals surface area contributed by atoms with Gasteiger partial charge in [-0.05, 0) is 29.0 Å². The Morgan fingerprint density at radius 2 is 2.00 bits per heavy atom. The van der Waals surface area contributed by atoms with E-state index < -0.39 is 0 Å². The van der Waals surface area contributed by atoms with Gasteiger partial charge in [0.05, 0.1) is 0 Å². The zero-order valence-corrected chi connectivity index (χ0v) is 10.9. The van der Waals surface area contributed by atoms with E-state index in [4.69, 9.17) is 9.57 Å². The molecule has 0 radical (unpaired) electrons. The Labute approximate surface area is 102 Å². The van der Waals surface area contributed by atoms with Gasteiger partial charge in [0.2, 0.25) is 5.90 Å². The van der Waals surface area contributed by atoms with Gasteiger partial charge in [0.15, 0.2) is 0 Å². The minimum absolute atomic E-state index is 0.133. The van der Waals surface area contributed by atoms with Crippen LogP contribution < -0.4 is 4.74 Å². The molecule has 0 aliphatic carbocycles. The van der Waals surface area contributed by atoms with Crippen LogP contribution in [0.25, 0.3) is 0 Å². The van der Waals surface area contributed by atoms with Gasteiger partial charge in [0, 0.05) is 6.42 Å². The van der Waals surface area contributed by atoms with E-state index in [1.807, 2.05) is 0 Å². The van der Waals surface area contributed by atoms with Crippen molar-refractivity contribution in [2.45, 2.75) is 39.0 Å². The molecule has 3 nitrogen and oxygen atoms in total. The van der Waals surface area contributed by atoms with Crippen molar-refractivity contribution in [3.63, 3.8) is 0 Å². The average molecular weight is 233 g/mol. The monoisotopic (exact) mass is 233 g/mol. The molecule has 0 unspecified atom stereocenters. The Bertz CT molecular complexity index is 444. The number of hydrogen-bond donors (Lipinski definition) is 0. The first-order valence-electron chi connectivity index (χ1n) is 5.92. The lowest BCUT2D eigenvalue weighted by atomic mass is 9.86. The molecule has 1 aromatic rings. The maximum absolute atomic E-state index is 5.73. The Hall–Kier alpha value is -1.51. The van der Waals surface area contributed by atoms with Crippen LogP contribution in [0.1, 0.15) is 38.3 Å². The number of oxime groups is 1. The van der Waals surface area contributed by atoms with Crippen molar-refractivity contribution >= 4 is 5.90 Å². The van der Waals surface area contributed by atoms with Gasteiger partial charge in [-0.2, -0.15) is 0 Å². The molecule has 0 aromatic heterocycles. The van der Waals surface area contributed by atoms with Gasteiger partial charge in [-0.25, -0.2) is 0 Å². The molecule has 0 fully saturated rings. The van der Waals surface area contributed by atoms with Gasteiger partial charge in [0.25, 0.3) is 0 Å². The molecule has 0 saturated carbocycles. The number of rotatable bonds is 1. The van der Waals surface area contributed by atoms with E-state index in [1.54, 1.807) is 0 Å². The second-order valence-electron chi connectivity index (χ2n) is 5.34. The van der Waals surface area contributed by atoms with Crippen molar-refractivity contribution in [3.05, 3.63) is 29.3 Å². The highest BCUT2D eigenvalue weighted by atomic mass is 16.6. The Balaban J connectivity index is 2.32. The largest absolute Gasteiger partial charge is 0.439 e. The molecule has 0 atom stereocenters.